The Hall–Kier alpha value is -1.55. The molecule has 0 bridgehead atoms. The van der Waals surface area contributed by atoms with E-state index < -0.39 is 0 Å². The first kappa shape index (κ1) is 11.5. The topological polar surface area (TPSA) is 44.8 Å². The van der Waals surface area contributed by atoms with Gasteiger partial charge in [0.25, 0.3) is 0 Å². The molecule has 0 saturated heterocycles. The molecule has 18 heavy (non-hydrogen) atoms. The molecular weight excluding hydrogens is 232 g/mol. The van der Waals surface area contributed by atoms with Crippen molar-refractivity contribution in [1.82, 2.24) is 0 Å². The minimum Gasteiger partial charge on any atom is -0.497 e. The Balaban J connectivity index is 1.88. The Bertz CT molecular complexity index is 489. The molecule has 4 nitrogen and oxygen atoms in total. The van der Waals surface area contributed by atoms with E-state index in [2.05, 4.69) is 0 Å². The number of ketones is 1. The van der Waals surface area contributed by atoms with Gasteiger partial charge in [-0.2, -0.15) is 0 Å². The molecule has 1 aromatic carbocycles. The van der Waals surface area contributed by atoms with Crippen molar-refractivity contribution in [3.8, 4) is 11.5 Å². The van der Waals surface area contributed by atoms with E-state index in [1.165, 1.54) is 0 Å². The maximum Gasteiger partial charge on any atom is 0.170 e. The molecule has 1 heterocycles. The van der Waals surface area contributed by atoms with Gasteiger partial charge in [-0.05, 0) is 18.2 Å². The van der Waals surface area contributed by atoms with Gasteiger partial charge in [0.1, 0.15) is 17.1 Å². The van der Waals surface area contributed by atoms with E-state index in [4.69, 9.17) is 14.2 Å². The van der Waals surface area contributed by atoms with Crippen molar-refractivity contribution >= 4 is 5.78 Å². The van der Waals surface area contributed by atoms with Crippen LogP contribution in [-0.4, -0.2) is 31.7 Å². The fraction of sp³-hybridized carbons (Fsp3) is 0.500. The molecule has 0 radical (unpaired) electrons. The first-order valence-corrected chi connectivity index (χ1v) is 6.09. The second kappa shape index (κ2) is 3.99. The Morgan fingerprint density at radius 1 is 1.33 bits per heavy atom. The number of carbonyl (C=O) groups is 1. The predicted molar refractivity (Wildman–Crippen MR) is 65.3 cm³/mol. The van der Waals surface area contributed by atoms with Crippen LogP contribution in [-0.2, 0) is 4.74 Å². The van der Waals surface area contributed by atoms with Gasteiger partial charge in [0.15, 0.2) is 5.78 Å². The van der Waals surface area contributed by atoms with Crippen molar-refractivity contribution in [1.29, 1.82) is 0 Å². The van der Waals surface area contributed by atoms with Gasteiger partial charge in [-0.3, -0.25) is 4.79 Å². The highest BCUT2D eigenvalue weighted by Crippen LogP contribution is 2.46. The zero-order valence-electron chi connectivity index (χ0n) is 10.6. The van der Waals surface area contributed by atoms with Gasteiger partial charge in [-0.15, -0.1) is 0 Å². The summed E-state index contributed by atoms with van der Waals surface area (Å²) in [5.74, 6) is 1.48. The van der Waals surface area contributed by atoms with Gasteiger partial charge in [-0.1, -0.05) is 0 Å². The third-order valence-corrected chi connectivity index (χ3v) is 3.83. The van der Waals surface area contributed by atoms with E-state index in [1.54, 1.807) is 20.3 Å². The maximum absolute atomic E-state index is 12.2. The molecule has 96 valence electrons. The average molecular weight is 248 g/mol. The van der Waals surface area contributed by atoms with Gasteiger partial charge >= 0.3 is 0 Å². The van der Waals surface area contributed by atoms with Gasteiger partial charge in [0.2, 0.25) is 0 Å². The second-order valence-corrected chi connectivity index (χ2v) is 5.01. The highest BCUT2D eigenvalue weighted by atomic mass is 16.5. The van der Waals surface area contributed by atoms with Crippen LogP contribution >= 0.6 is 0 Å². The number of Topliss-reactive ketones (excluding diaryl/α,β-unsaturated/α-hetero) is 1. The molecule has 2 aliphatic rings. The number of carbonyl (C=O) groups excluding carboxylic acids is 1. The van der Waals surface area contributed by atoms with Crippen LogP contribution in [0.25, 0.3) is 0 Å². The monoisotopic (exact) mass is 248 g/mol. The fourth-order valence-corrected chi connectivity index (χ4v) is 2.76. The van der Waals surface area contributed by atoms with Crippen molar-refractivity contribution in [2.45, 2.75) is 31.0 Å². The zero-order chi connectivity index (χ0) is 12.8. The fourth-order valence-electron chi connectivity index (χ4n) is 2.76. The summed E-state index contributed by atoms with van der Waals surface area (Å²) in [5, 5.41) is 0. The molecule has 0 N–H and O–H groups in total. The lowest BCUT2D eigenvalue weighted by Gasteiger charge is -2.48. The van der Waals surface area contributed by atoms with Crippen molar-refractivity contribution in [2.24, 2.45) is 0 Å². The summed E-state index contributed by atoms with van der Waals surface area (Å²) in [6, 6.07) is 5.38. The lowest BCUT2D eigenvalue weighted by atomic mass is 9.72. The summed E-state index contributed by atoms with van der Waals surface area (Å²) in [7, 11) is 3.29. The van der Waals surface area contributed by atoms with Crippen LogP contribution in [0.4, 0.5) is 0 Å². The normalized spacial score (nSPS) is 29.4. The van der Waals surface area contributed by atoms with Crippen LogP contribution in [0.2, 0.25) is 0 Å². The van der Waals surface area contributed by atoms with E-state index in [-0.39, 0.29) is 17.5 Å². The average Bonchev–Trinajstić information content (AvgIpc) is 2.35. The van der Waals surface area contributed by atoms with Crippen molar-refractivity contribution in [3.05, 3.63) is 23.8 Å². The highest BCUT2D eigenvalue weighted by molar-refractivity contribution is 6.00. The summed E-state index contributed by atoms with van der Waals surface area (Å²) in [4.78, 5) is 12.2. The van der Waals surface area contributed by atoms with E-state index in [0.29, 0.717) is 23.5 Å². The molecule has 1 aliphatic carbocycles. The molecule has 0 amide bonds. The first-order chi connectivity index (χ1) is 8.65. The number of hydrogen-bond acceptors (Lipinski definition) is 4. The number of rotatable bonds is 2. The lowest BCUT2D eigenvalue weighted by molar-refractivity contribution is -0.112. The van der Waals surface area contributed by atoms with Crippen LogP contribution in [0.1, 0.15) is 29.6 Å². The number of benzene rings is 1. The molecule has 4 heteroatoms. The molecule has 3 rings (SSSR count). The predicted octanol–water partition coefficient (Wildman–Crippen LogP) is 2.21. The Morgan fingerprint density at radius 2 is 2.11 bits per heavy atom. The van der Waals surface area contributed by atoms with Crippen LogP contribution in [0.3, 0.4) is 0 Å². The minimum atomic E-state index is -0.334. The molecule has 1 fully saturated rings. The first-order valence-electron chi connectivity index (χ1n) is 6.09. The molecule has 1 aliphatic heterocycles. The summed E-state index contributed by atoms with van der Waals surface area (Å²) in [6.07, 6.45) is 2.24. The van der Waals surface area contributed by atoms with Crippen LogP contribution in [0.15, 0.2) is 18.2 Å². The number of methoxy groups -OCH3 is 2. The quantitative estimate of drug-likeness (QED) is 0.805. The van der Waals surface area contributed by atoms with Crippen LogP contribution in [0.5, 0.6) is 11.5 Å². The van der Waals surface area contributed by atoms with E-state index in [1.807, 2.05) is 12.1 Å². The number of fused-ring (bicyclic) bond motifs is 1. The second-order valence-electron chi connectivity index (χ2n) is 5.01. The summed E-state index contributed by atoms with van der Waals surface area (Å²) >= 11 is 0. The third kappa shape index (κ3) is 1.68. The third-order valence-electron chi connectivity index (χ3n) is 3.83. The summed E-state index contributed by atoms with van der Waals surface area (Å²) in [5.41, 5.74) is 0.292. The molecule has 1 aromatic rings. The van der Waals surface area contributed by atoms with Gasteiger partial charge in [-0.25, -0.2) is 0 Å². The van der Waals surface area contributed by atoms with Crippen LogP contribution in [0, 0.1) is 0 Å². The standard InChI is InChI=1S/C14H16O4/c1-16-9-3-4-13-11(5-9)12(15)8-14(18-13)6-10(7-14)17-2/h3-5,10H,6-8H2,1-2H3. The Kier molecular flexibility index (Phi) is 2.55. The van der Waals surface area contributed by atoms with Crippen molar-refractivity contribution in [3.63, 3.8) is 0 Å². The van der Waals surface area contributed by atoms with E-state index in [0.717, 1.165) is 12.8 Å². The summed E-state index contributed by atoms with van der Waals surface area (Å²) < 4.78 is 16.4. The van der Waals surface area contributed by atoms with Crippen molar-refractivity contribution in [2.75, 3.05) is 14.2 Å². The van der Waals surface area contributed by atoms with Crippen molar-refractivity contribution < 1.29 is 19.0 Å². The number of ether oxygens (including phenoxy) is 3. The molecule has 1 saturated carbocycles. The molecule has 0 atom stereocenters. The van der Waals surface area contributed by atoms with E-state index >= 15 is 0 Å². The SMILES string of the molecule is COc1ccc2c(c1)C(=O)CC1(CC(OC)C1)O2. The minimum absolute atomic E-state index is 0.129. The smallest absolute Gasteiger partial charge is 0.170 e. The lowest BCUT2D eigenvalue weighted by Crippen LogP contribution is -2.55. The molecular formula is C14H16O4. The van der Waals surface area contributed by atoms with Crippen LogP contribution < -0.4 is 9.47 Å². The van der Waals surface area contributed by atoms with E-state index in [9.17, 15) is 4.79 Å². The Labute approximate surface area is 106 Å². The zero-order valence-corrected chi connectivity index (χ0v) is 10.6. The molecule has 0 unspecified atom stereocenters. The number of hydrogen-bond donors (Lipinski definition) is 0. The molecule has 1 spiro atoms. The highest BCUT2D eigenvalue weighted by Gasteiger charge is 2.51. The largest absolute Gasteiger partial charge is 0.497 e. The maximum atomic E-state index is 12.2. The van der Waals surface area contributed by atoms with Gasteiger partial charge in [0.05, 0.1) is 25.2 Å². The van der Waals surface area contributed by atoms with Gasteiger partial charge in [0, 0.05) is 20.0 Å². The summed E-state index contributed by atoms with van der Waals surface area (Å²) in [6.45, 7) is 0. The Morgan fingerprint density at radius 3 is 2.78 bits per heavy atom. The van der Waals surface area contributed by atoms with Gasteiger partial charge < -0.3 is 14.2 Å². The molecule has 0 aromatic heterocycles.